The molecule has 1 fully saturated rings. The second-order valence-corrected chi connectivity index (χ2v) is 7.43. The maximum absolute atomic E-state index is 12.9. The number of fused-ring (bicyclic) bond motifs is 1. The number of piperidine rings is 1. The Labute approximate surface area is 144 Å². The fraction of sp³-hybridized carbons (Fsp3) is 0.389. The molecule has 1 amide bonds. The molecule has 0 bridgehead atoms. The van der Waals surface area contributed by atoms with Crippen molar-refractivity contribution in [2.75, 3.05) is 13.1 Å². The molecule has 1 aliphatic rings. The molecule has 3 heterocycles. The van der Waals surface area contributed by atoms with Crippen LogP contribution < -0.4 is 0 Å². The van der Waals surface area contributed by atoms with E-state index < -0.39 is 0 Å². The summed E-state index contributed by atoms with van der Waals surface area (Å²) in [6.07, 6.45) is 2.90. The minimum Gasteiger partial charge on any atom is -0.340 e. The standard InChI is InChI=1S/C18H19N3O2S/c1-12-19-17(20-23-12)9-13-5-4-8-21(11-13)18(22)16-10-14-6-2-3-7-15(14)24-16/h2-3,6-7,10,13H,4-5,8-9,11H2,1H3/t13-/m1/s1. The number of thiophene rings is 1. The number of rotatable bonds is 3. The summed E-state index contributed by atoms with van der Waals surface area (Å²) in [5.74, 6) is 1.88. The number of carbonyl (C=O) groups is 1. The highest BCUT2D eigenvalue weighted by Crippen LogP contribution is 2.28. The summed E-state index contributed by atoms with van der Waals surface area (Å²) in [5, 5.41) is 5.12. The summed E-state index contributed by atoms with van der Waals surface area (Å²) in [5.41, 5.74) is 0. The van der Waals surface area contributed by atoms with Crippen molar-refractivity contribution in [2.45, 2.75) is 26.2 Å². The van der Waals surface area contributed by atoms with Crippen molar-refractivity contribution in [2.24, 2.45) is 5.92 Å². The van der Waals surface area contributed by atoms with Gasteiger partial charge in [-0.2, -0.15) is 4.98 Å². The molecule has 4 rings (SSSR count). The number of benzene rings is 1. The molecule has 2 aromatic heterocycles. The first-order valence-corrected chi connectivity index (χ1v) is 9.08. The highest BCUT2D eigenvalue weighted by molar-refractivity contribution is 7.20. The molecule has 0 saturated carbocycles. The van der Waals surface area contributed by atoms with E-state index in [1.165, 1.54) is 0 Å². The number of hydrogen-bond acceptors (Lipinski definition) is 5. The number of nitrogens with zero attached hydrogens (tertiary/aromatic N) is 3. The smallest absolute Gasteiger partial charge is 0.263 e. The van der Waals surface area contributed by atoms with Gasteiger partial charge >= 0.3 is 0 Å². The second-order valence-electron chi connectivity index (χ2n) is 6.34. The second kappa shape index (κ2) is 6.36. The lowest BCUT2D eigenvalue weighted by Gasteiger charge is -2.32. The molecule has 6 heteroatoms. The van der Waals surface area contributed by atoms with Crippen LogP contribution in [0.4, 0.5) is 0 Å². The molecule has 0 aliphatic carbocycles. The van der Waals surface area contributed by atoms with Crippen LogP contribution >= 0.6 is 11.3 Å². The summed E-state index contributed by atoms with van der Waals surface area (Å²) in [6, 6.07) is 10.1. The van der Waals surface area contributed by atoms with Gasteiger partial charge in [-0.25, -0.2) is 0 Å². The van der Waals surface area contributed by atoms with E-state index in [4.69, 9.17) is 4.52 Å². The molecule has 0 spiro atoms. The van der Waals surface area contributed by atoms with Gasteiger partial charge in [-0.1, -0.05) is 23.4 Å². The molecule has 0 radical (unpaired) electrons. The lowest BCUT2D eigenvalue weighted by molar-refractivity contribution is 0.0677. The zero-order valence-corrected chi connectivity index (χ0v) is 14.4. The summed E-state index contributed by atoms with van der Waals surface area (Å²) in [4.78, 5) is 19.9. The Hall–Kier alpha value is -2.21. The van der Waals surface area contributed by atoms with E-state index in [0.717, 1.165) is 53.1 Å². The van der Waals surface area contributed by atoms with Gasteiger partial charge in [0.1, 0.15) is 0 Å². The average Bonchev–Trinajstić information content (AvgIpc) is 3.20. The van der Waals surface area contributed by atoms with E-state index >= 15 is 0 Å². The van der Waals surface area contributed by atoms with Crippen LogP contribution in [0.15, 0.2) is 34.9 Å². The molecule has 24 heavy (non-hydrogen) atoms. The number of aryl methyl sites for hydroxylation is 1. The lowest BCUT2D eigenvalue weighted by atomic mass is 9.94. The van der Waals surface area contributed by atoms with Crippen LogP contribution in [-0.4, -0.2) is 34.0 Å². The Morgan fingerprint density at radius 3 is 3.08 bits per heavy atom. The van der Waals surface area contributed by atoms with Gasteiger partial charge in [0.15, 0.2) is 5.82 Å². The SMILES string of the molecule is Cc1nc(C[C@H]2CCCN(C(=O)c3cc4ccccc4s3)C2)no1. The first-order valence-electron chi connectivity index (χ1n) is 8.26. The van der Waals surface area contributed by atoms with Gasteiger partial charge in [-0.3, -0.25) is 4.79 Å². The normalized spacial score (nSPS) is 18.2. The van der Waals surface area contributed by atoms with Crippen LogP contribution in [-0.2, 0) is 6.42 Å². The summed E-state index contributed by atoms with van der Waals surface area (Å²) >= 11 is 1.58. The lowest BCUT2D eigenvalue weighted by Crippen LogP contribution is -2.40. The number of aromatic nitrogens is 2. The van der Waals surface area contributed by atoms with Crippen LogP contribution in [0.3, 0.4) is 0 Å². The number of carbonyl (C=O) groups excluding carboxylic acids is 1. The van der Waals surface area contributed by atoms with Gasteiger partial charge in [-0.05, 0) is 36.3 Å². The number of amides is 1. The van der Waals surface area contributed by atoms with Crippen LogP contribution in [0, 0.1) is 12.8 Å². The predicted octanol–water partition coefficient (Wildman–Crippen LogP) is 3.69. The Bertz CT molecular complexity index is 837. The van der Waals surface area contributed by atoms with Crippen molar-refractivity contribution < 1.29 is 9.32 Å². The quantitative estimate of drug-likeness (QED) is 0.729. The molecule has 1 aliphatic heterocycles. The van der Waals surface area contributed by atoms with Gasteiger partial charge in [0.05, 0.1) is 4.88 Å². The number of likely N-dealkylation sites (tertiary alicyclic amines) is 1. The monoisotopic (exact) mass is 341 g/mol. The molecular formula is C18H19N3O2S. The van der Waals surface area contributed by atoms with E-state index in [0.29, 0.717) is 11.8 Å². The molecule has 124 valence electrons. The van der Waals surface area contributed by atoms with Gasteiger partial charge in [0.2, 0.25) is 5.89 Å². The maximum atomic E-state index is 12.9. The summed E-state index contributed by atoms with van der Waals surface area (Å²) < 4.78 is 6.21. The van der Waals surface area contributed by atoms with E-state index in [-0.39, 0.29) is 5.91 Å². The molecule has 5 nitrogen and oxygen atoms in total. The van der Waals surface area contributed by atoms with Crippen molar-refractivity contribution in [3.05, 3.63) is 46.9 Å². The van der Waals surface area contributed by atoms with Crippen molar-refractivity contribution in [1.82, 2.24) is 15.0 Å². The summed E-state index contributed by atoms with van der Waals surface area (Å²) in [7, 11) is 0. The van der Waals surface area contributed by atoms with Crippen molar-refractivity contribution in [3.63, 3.8) is 0 Å². The fourth-order valence-electron chi connectivity index (χ4n) is 3.34. The zero-order valence-electron chi connectivity index (χ0n) is 13.6. The van der Waals surface area contributed by atoms with Crippen molar-refractivity contribution in [3.8, 4) is 0 Å². The van der Waals surface area contributed by atoms with Crippen LogP contribution in [0.2, 0.25) is 0 Å². The van der Waals surface area contributed by atoms with Gasteiger partial charge < -0.3 is 9.42 Å². The third kappa shape index (κ3) is 3.06. The van der Waals surface area contributed by atoms with E-state index in [2.05, 4.69) is 22.3 Å². The highest BCUT2D eigenvalue weighted by Gasteiger charge is 2.26. The van der Waals surface area contributed by atoms with Gasteiger partial charge in [0, 0.05) is 31.1 Å². The molecule has 1 aromatic carbocycles. The maximum Gasteiger partial charge on any atom is 0.263 e. The Balaban J connectivity index is 1.47. The molecule has 1 atom stereocenters. The Kier molecular flexibility index (Phi) is 4.06. The minimum absolute atomic E-state index is 0.144. The Morgan fingerprint density at radius 2 is 2.29 bits per heavy atom. The Morgan fingerprint density at radius 1 is 1.42 bits per heavy atom. The highest BCUT2D eigenvalue weighted by atomic mass is 32.1. The third-order valence-electron chi connectivity index (χ3n) is 4.48. The van der Waals surface area contributed by atoms with E-state index in [9.17, 15) is 4.79 Å². The predicted molar refractivity (Wildman–Crippen MR) is 93.2 cm³/mol. The zero-order chi connectivity index (χ0) is 16.5. The molecular weight excluding hydrogens is 322 g/mol. The van der Waals surface area contributed by atoms with Crippen LogP contribution in [0.25, 0.3) is 10.1 Å². The molecule has 0 N–H and O–H groups in total. The number of hydrogen-bond donors (Lipinski definition) is 0. The largest absolute Gasteiger partial charge is 0.340 e. The van der Waals surface area contributed by atoms with E-state index in [1.807, 2.05) is 23.1 Å². The first-order chi connectivity index (χ1) is 11.7. The first kappa shape index (κ1) is 15.3. The summed E-state index contributed by atoms with van der Waals surface area (Å²) in [6.45, 7) is 3.39. The van der Waals surface area contributed by atoms with Crippen LogP contribution in [0.1, 0.15) is 34.2 Å². The van der Waals surface area contributed by atoms with E-state index in [1.54, 1.807) is 18.3 Å². The third-order valence-corrected chi connectivity index (χ3v) is 5.59. The molecule has 1 saturated heterocycles. The topological polar surface area (TPSA) is 59.2 Å². The fourth-order valence-corrected chi connectivity index (χ4v) is 4.37. The van der Waals surface area contributed by atoms with Crippen molar-refractivity contribution >= 4 is 27.3 Å². The molecule has 0 unspecified atom stereocenters. The van der Waals surface area contributed by atoms with Gasteiger partial charge in [0.25, 0.3) is 5.91 Å². The van der Waals surface area contributed by atoms with Gasteiger partial charge in [-0.15, -0.1) is 11.3 Å². The minimum atomic E-state index is 0.144. The van der Waals surface area contributed by atoms with Crippen LogP contribution in [0.5, 0.6) is 0 Å². The van der Waals surface area contributed by atoms with Crippen molar-refractivity contribution in [1.29, 1.82) is 0 Å². The molecule has 3 aromatic rings. The average molecular weight is 341 g/mol.